The van der Waals surface area contributed by atoms with Gasteiger partial charge in [0, 0.05) is 22.4 Å². The highest BCUT2D eigenvalue weighted by molar-refractivity contribution is 7.91. The Balaban J connectivity index is 1.54. The summed E-state index contributed by atoms with van der Waals surface area (Å²) < 4.78 is 46.1. The van der Waals surface area contributed by atoms with Crippen LogP contribution < -0.4 is 4.72 Å². The molecule has 0 unspecified atom stereocenters. The molecule has 0 saturated carbocycles. The van der Waals surface area contributed by atoms with Gasteiger partial charge in [0.25, 0.3) is 5.89 Å². The first-order valence-corrected chi connectivity index (χ1v) is 11.0. The van der Waals surface area contributed by atoms with Crippen molar-refractivity contribution in [2.45, 2.75) is 10.8 Å². The maximum absolute atomic E-state index is 13.3. The lowest BCUT2D eigenvalue weighted by molar-refractivity contribution is 0.432. The van der Waals surface area contributed by atoms with E-state index in [0.717, 1.165) is 16.2 Å². The zero-order chi connectivity index (χ0) is 18.9. The van der Waals surface area contributed by atoms with E-state index in [4.69, 9.17) is 4.52 Å². The molecule has 4 rings (SSSR count). The summed E-state index contributed by atoms with van der Waals surface area (Å²) in [5.74, 6) is 0.000670. The summed E-state index contributed by atoms with van der Waals surface area (Å²) in [4.78, 5) is 5.15. The number of sulfonamides is 1. The summed E-state index contributed by atoms with van der Waals surface area (Å²) >= 11 is 2.54. The first kappa shape index (κ1) is 18.0. The van der Waals surface area contributed by atoms with Gasteiger partial charge in [0.15, 0.2) is 0 Å². The Labute approximate surface area is 162 Å². The number of halogens is 1. The van der Waals surface area contributed by atoms with E-state index in [-0.39, 0.29) is 22.5 Å². The molecule has 0 radical (unpaired) electrons. The van der Waals surface area contributed by atoms with Crippen LogP contribution in [0.4, 0.5) is 4.39 Å². The van der Waals surface area contributed by atoms with E-state index >= 15 is 0 Å². The molecule has 27 heavy (non-hydrogen) atoms. The minimum absolute atomic E-state index is 0.152. The quantitative estimate of drug-likeness (QED) is 0.506. The second-order valence-corrected chi connectivity index (χ2v) is 9.43. The summed E-state index contributed by atoms with van der Waals surface area (Å²) in [6, 6.07) is 11.0. The second kappa shape index (κ2) is 7.31. The molecule has 0 atom stereocenters. The van der Waals surface area contributed by atoms with Gasteiger partial charge in [-0.1, -0.05) is 23.4 Å². The van der Waals surface area contributed by atoms with Gasteiger partial charge in [-0.15, -0.1) is 22.7 Å². The SMILES string of the molecule is O=S(=O)(NCc1cccs1)c1cc(-c2nc(-c3cccc(F)c3)no2)cs1. The molecule has 0 bridgehead atoms. The second-order valence-electron chi connectivity index (χ2n) is 5.49. The predicted octanol–water partition coefficient (Wildman–Crippen LogP) is 4.14. The molecular weight excluding hydrogens is 409 g/mol. The Kier molecular flexibility index (Phi) is 4.87. The van der Waals surface area contributed by atoms with Gasteiger partial charge >= 0.3 is 0 Å². The van der Waals surface area contributed by atoms with Crippen molar-refractivity contribution in [2.75, 3.05) is 0 Å². The van der Waals surface area contributed by atoms with Gasteiger partial charge in [0.1, 0.15) is 10.0 Å². The molecule has 0 aliphatic rings. The lowest BCUT2D eigenvalue weighted by Crippen LogP contribution is -2.21. The van der Waals surface area contributed by atoms with E-state index in [9.17, 15) is 12.8 Å². The molecule has 4 aromatic rings. The minimum Gasteiger partial charge on any atom is -0.334 e. The van der Waals surface area contributed by atoms with Gasteiger partial charge in [0.05, 0.1) is 5.56 Å². The van der Waals surface area contributed by atoms with E-state index in [0.29, 0.717) is 11.1 Å². The predicted molar refractivity (Wildman–Crippen MR) is 101 cm³/mol. The van der Waals surface area contributed by atoms with Crippen LogP contribution in [0.1, 0.15) is 4.88 Å². The van der Waals surface area contributed by atoms with Crippen molar-refractivity contribution in [2.24, 2.45) is 0 Å². The third kappa shape index (κ3) is 3.98. The monoisotopic (exact) mass is 421 g/mol. The summed E-state index contributed by atoms with van der Waals surface area (Å²) in [5, 5.41) is 7.35. The Morgan fingerprint density at radius 2 is 2.00 bits per heavy atom. The van der Waals surface area contributed by atoms with Crippen molar-refractivity contribution in [3.05, 3.63) is 63.9 Å². The zero-order valence-electron chi connectivity index (χ0n) is 13.6. The molecule has 3 heterocycles. The number of hydrogen-bond acceptors (Lipinski definition) is 7. The molecule has 10 heteroatoms. The van der Waals surface area contributed by atoms with Gasteiger partial charge in [-0.25, -0.2) is 17.5 Å². The fourth-order valence-electron chi connectivity index (χ4n) is 2.31. The largest absolute Gasteiger partial charge is 0.334 e. The molecule has 0 amide bonds. The number of rotatable bonds is 6. The number of nitrogens with one attached hydrogen (secondary N) is 1. The average Bonchev–Trinajstić information content (AvgIpc) is 3.41. The van der Waals surface area contributed by atoms with Gasteiger partial charge < -0.3 is 4.52 Å². The summed E-state index contributed by atoms with van der Waals surface area (Å²) in [6.07, 6.45) is 0. The van der Waals surface area contributed by atoms with E-state index in [1.807, 2.05) is 17.5 Å². The van der Waals surface area contributed by atoms with Crippen molar-refractivity contribution < 1.29 is 17.3 Å². The Morgan fingerprint density at radius 3 is 2.78 bits per heavy atom. The van der Waals surface area contributed by atoms with Crippen LogP contribution >= 0.6 is 22.7 Å². The van der Waals surface area contributed by atoms with Gasteiger partial charge in [-0.3, -0.25) is 0 Å². The van der Waals surface area contributed by atoms with Crippen LogP contribution in [-0.2, 0) is 16.6 Å². The lowest BCUT2D eigenvalue weighted by Gasteiger charge is -2.02. The zero-order valence-corrected chi connectivity index (χ0v) is 16.1. The van der Waals surface area contributed by atoms with Crippen LogP contribution in [0.15, 0.2) is 62.0 Å². The number of benzene rings is 1. The van der Waals surface area contributed by atoms with E-state index in [1.165, 1.54) is 29.5 Å². The van der Waals surface area contributed by atoms with Crippen LogP contribution in [0.3, 0.4) is 0 Å². The third-order valence-corrected chi connectivity index (χ3v) is 7.33. The molecule has 0 saturated heterocycles. The summed E-state index contributed by atoms with van der Waals surface area (Å²) in [7, 11) is -3.64. The van der Waals surface area contributed by atoms with E-state index in [2.05, 4.69) is 14.9 Å². The molecule has 0 aliphatic carbocycles. The number of thiophene rings is 2. The Morgan fingerprint density at radius 1 is 1.11 bits per heavy atom. The van der Waals surface area contributed by atoms with Crippen molar-refractivity contribution in [1.82, 2.24) is 14.9 Å². The van der Waals surface area contributed by atoms with E-state index < -0.39 is 15.8 Å². The lowest BCUT2D eigenvalue weighted by atomic mass is 10.2. The molecular formula is C17H12FN3O3S3. The van der Waals surface area contributed by atoms with Gasteiger partial charge in [-0.2, -0.15) is 4.98 Å². The number of aromatic nitrogens is 2. The highest BCUT2D eigenvalue weighted by atomic mass is 32.2. The minimum atomic E-state index is -3.64. The highest BCUT2D eigenvalue weighted by Crippen LogP contribution is 2.29. The van der Waals surface area contributed by atoms with Crippen molar-refractivity contribution in [1.29, 1.82) is 0 Å². The van der Waals surface area contributed by atoms with E-state index in [1.54, 1.807) is 17.5 Å². The smallest absolute Gasteiger partial charge is 0.259 e. The summed E-state index contributed by atoms with van der Waals surface area (Å²) in [6.45, 7) is 0.234. The molecule has 1 aromatic carbocycles. The highest BCUT2D eigenvalue weighted by Gasteiger charge is 2.20. The third-order valence-electron chi connectivity index (χ3n) is 3.61. The van der Waals surface area contributed by atoms with Crippen LogP contribution in [0.25, 0.3) is 22.8 Å². The molecule has 6 nitrogen and oxygen atoms in total. The normalized spacial score (nSPS) is 11.7. The van der Waals surface area contributed by atoms with Crippen molar-refractivity contribution >= 4 is 32.7 Å². The first-order chi connectivity index (χ1) is 13.0. The maximum Gasteiger partial charge on any atom is 0.259 e. The fraction of sp³-hybridized carbons (Fsp3) is 0.0588. The van der Waals surface area contributed by atoms with Crippen molar-refractivity contribution in [3.63, 3.8) is 0 Å². The maximum atomic E-state index is 13.3. The molecule has 1 N–H and O–H groups in total. The Bertz CT molecular complexity index is 1170. The number of nitrogens with zero attached hydrogens (tertiary/aromatic N) is 2. The van der Waals surface area contributed by atoms with Crippen LogP contribution in [-0.4, -0.2) is 18.6 Å². The standard InChI is InChI=1S/C17H12FN3O3S3/c18-13-4-1-3-11(7-13)16-20-17(24-21-16)12-8-15(26-10-12)27(22,23)19-9-14-5-2-6-25-14/h1-8,10,19H,9H2. The number of hydrogen-bond donors (Lipinski definition) is 1. The average molecular weight is 422 g/mol. The van der Waals surface area contributed by atoms with Crippen LogP contribution in [0.5, 0.6) is 0 Å². The van der Waals surface area contributed by atoms with Crippen molar-refractivity contribution in [3.8, 4) is 22.8 Å². The summed E-state index contributed by atoms with van der Waals surface area (Å²) in [5.41, 5.74) is 0.970. The molecule has 0 spiro atoms. The fourth-order valence-corrected chi connectivity index (χ4v) is 5.25. The molecule has 138 valence electrons. The first-order valence-electron chi connectivity index (χ1n) is 7.72. The van der Waals surface area contributed by atoms with Gasteiger partial charge in [-0.05, 0) is 29.6 Å². The topological polar surface area (TPSA) is 85.1 Å². The molecule has 0 aliphatic heterocycles. The van der Waals surface area contributed by atoms with Gasteiger partial charge in [0.2, 0.25) is 15.8 Å². The molecule has 0 fully saturated rings. The molecule has 3 aromatic heterocycles. The Hall–Kier alpha value is -2.40. The van der Waals surface area contributed by atoms with Crippen LogP contribution in [0.2, 0.25) is 0 Å². The van der Waals surface area contributed by atoms with Crippen LogP contribution in [0, 0.1) is 5.82 Å².